The smallest absolute Gasteiger partial charge is 0.160 e. The van der Waals surface area contributed by atoms with Gasteiger partial charge in [-0.1, -0.05) is 188 Å². The molecule has 0 amide bonds. The Hall–Kier alpha value is -8.34. The first-order chi connectivity index (χ1) is 34.1. The molecule has 0 radical (unpaired) electrons. The van der Waals surface area contributed by atoms with Gasteiger partial charge >= 0.3 is 0 Å². The first-order valence-electron chi connectivity index (χ1n) is 24.4. The van der Waals surface area contributed by atoms with Crippen LogP contribution in [0.2, 0.25) is 0 Å². The van der Waals surface area contributed by atoms with Crippen molar-refractivity contribution in [2.24, 2.45) is 0 Å². The summed E-state index contributed by atoms with van der Waals surface area (Å²) in [6, 6.07) is 57.3. The SMILES string of the molecule is [2H]c1c([2H])c([2H])c2c(c1[2H])c1c([2H])c([2H])c([2H])c([2H])c1n2-c1cccc2c3ccccc3n(-c3ccc(-c4ccccc4)c(-c4cc(-c5ccccc5)nc(-c5ccc(-c6ccccc6)cc5)n4)c3)c12. The van der Waals surface area contributed by atoms with Crippen molar-refractivity contribution in [3.8, 4) is 67.5 Å². The maximum atomic E-state index is 9.32. The Morgan fingerprint density at radius 1 is 0.355 bits per heavy atom. The van der Waals surface area contributed by atoms with Crippen LogP contribution in [0.25, 0.3) is 111 Å². The van der Waals surface area contributed by atoms with Gasteiger partial charge in [0.25, 0.3) is 0 Å². The molecule has 3 heterocycles. The molecule has 0 saturated heterocycles. The van der Waals surface area contributed by atoms with Crippen LogP contribution in [-0.4, -0.2) is 19.1 Å². The average Bonchev–Trinajstić information content (AvgIpc) is 3.96. The number of fused-ring (bicyclic) bond motifs is 6. The zero-order chi connectivity index (χ0) is 47.9. The molecule has 0 unspecified atom stereocenters. The number of hydrogen-bond acceptors (Lipinski definition) is 2. The summed E-state index contributed by atoms with van der Waals surface area (Å²) in [4.78, 5) is 10.5. The minimum Gasteiger partial charge on any atom is -0.307 e. The van der Waals surface area contributed by atoms with E-state index in [1.54, 1.807) is 4.57 Å². The summed E-state index contributed by atoms with van der Waals surface area (Å²) in [6.07, 6.45) is 0. The lowest BCUT2D eigenvalue weighted by Crippen LogP contribution is -2.02. The van der Waals surface area contributed by atoms with Gasteiger partial charge in [-0.3, -0.25) is 0 Å². The monoisotopic (exact) mass is 798 g/mol. The molecule has 12 aromatic rings. The molecule has 0 aliphatic rings. The number of para-hydroxylation sites is 4. The van der Waals surface area contributed by atoms with Gasteiger partial charge in [0.2, 0.25) is 0 Å². The van der Waals surface area contributed by atoms with Gasteiger partial charge < -0.3 is 9.13 Å². The largest absolute Gasteiger partial charge is 0.307 e. The second kappa shape index (κ2) is 14.7. The molecule has 62 heavy (non-hydrogen) atoms. The topological polar surface area (TPSA) is 35.6 Å². The van der Waals surface area contributed by atoms with E-state index in [1.807, 2.05) is 115 Å². The maximum Gasteiger partial charge on any atom is 0.160 e. The van der Waals surface area contributed by atoms with Crippen LogP contribution in [0.4, 0.5) is 0 Å². The van der Waals surface area contributed by atoms with Crippen LogP contribution in [0.15, 0.2) is 230 Å². The third-order valence-electron chi connectivity index (χ3n) is 11.6. The third-order valence-corrected chi connectivity index (χ3v) is 11.6. The van der Waals surface area contributed by atoms with Crippen LogP contribution < -0.4 is 0 Å². The molecule has 4 heteroatoms. The van der Waals surface area contributed by atoms with E-state index in [2.05, 4.69) is 71.3 Å². The molecule has 0 atom stereocenters. The summed E-state index contributed by atoms with van der Waals surface area (Å²) < 4.78 is 75.5. The maximum absolute atomic E-state index is 9.32. The fraction of sp³-hybridized carbons (Fsp3) is 0. The summed E-state index contributed by atoms with van der Waals surface area (Å²) in [5.74, 6) is 0.556. The Bertz CT molecular complexity index is 4000. The van der Waals surface area contributed by atoms with Gasteiger partial charge in [-0.15, -0.1) is 0 Å². The van der Waals surface area contributed by atoms with E-state index in [9.17, 15) is 2.74 Å². The molecule has 290 valence electrons. The van der Waals surface area contributed by atoms with Gasteiger partial charge in [0, 0.05) is 43.9 Å². The Morgan fingerprint density at radius 2 is 0.919 bits per heavy atom. The van der Waals surface area contributed by atoms with Gasteiger partial charge in [-0.2, -0.15) is 0 Å². The van der Waals surface area contributed by atoms with E-state index in [1.165, 1.54) is 0 Å². The van der Waals surface area contributed by atoms with Crippen molar-refractivity contribution < 1.29 is 11.0 Å². The van der Waals surface area contributed by atoms with Crippen molar-refractivity contribution >= 4 is 43.6 Å². The molecule has 9 aromatic carbocycles. The predicted octanol–water partition coefficient (Wildman–Crippen LogP) is 15.0. The zero-order valence-electron chi connectivity index (χ0n) is 41.1. The minimum atomic E-state index is -0.491. The Labute approximate surface area is 370 Å². The molecule has 0 spiro atoms. The van der Waals surface area contributed by atoms with Crippen LogP contribution in [-0.2, 0) is 0 Å². The van der Waals surface area contributed by atoms with E-state index >= 15 is 0 Å². The van der Waals surface area contributed by atoms with Crippen molar-refractivity contribution in [3.63, 3.8) is 0 Å². The van der Waals surface area contributed by atoms with E-state index in [0.29, 0.717) is 22.7 Å². The molecule has 0 saturated carbocycles. The van der Waals surface area contributed by atoms with Crippen LogP contribution in [0, 0.1) is 0 Å². The Balaban J connectivity index is 1.16. The van der Waals surface area contributed by atoms with Gasteiger partial charge in [0.15, 0.2) is 5.82 Å². The van der Waals surface area contributed by atoms with Gasteiger partial charge in [-0.25, -0.2) is 9.97 Å². The van der Waals surface area contributed by atoms with Crippen molar-refractivity contribution in [3.05, 3.63) is 230 Å². The predicted molar refractivity (Wildman–Crippen MR) is 258 cm³/mol. The lowest BCUT2D eigenvalue weighted by Gasteiger charge is -2.18. The highest BCUT2D eigenvalue weighted by atomic mass is 15.1. The fourth-order valence-electron chi connectivity index (χ4n) is 8.78. The number of nitrogens with zero attached hydrogens (tertiary/aromatic N) is 4. The third kappa shape index (κ3) is 5.92. The summed E-state index contributed by atoms with van der Waals surface area (Å²) >= 11 is 0. The van der Waals surface area contributed by atoms with Crippen LogP contribution in [0.1, 0.15) is 11.0 Å². The first-order valence-corrected chi connectivity index (χ1v) is 20.4. The summed E-state index contributed by atoms with van der Waals surface area (Å²) in [6.45, 7) is 0. The quantitative estimate of drug-likeness (QED) is 0.161. The fourth-order valence-corrected chi connectivity index (χ4v) is 8.78. The number of rotatable bonds is 7. The van der Waals surface area contributed by atoms with Crippen molar-refractivity contribution in [1.29, 1.82) is 0 Å². The second-order valence-electron chi connectivity index (χ2n) is 15.2. The molecule has 12 rings (SSSR count). The standard InChI is InChI=1S/C58H38N4/c1-4-17-39(18-5-1)40-31-33-43(34-32-40)58-59-51(42-21-8-3-9-22-42)38-52(60-58)50-37-44(35-36-45(50)41-19-6-2-7-20-41)61-53-27-13-12-25-48(53)49-26-16-30-56(57(49)61)62-54-28-14-10-23-46(54)47-24-11-15-29-55(47)62/h1-38H/i10D,11D,14D,15D,23D,24D,28D,29D. The van der Waals surface area contributed by atoms with Gasteiger partial charge in [0.05, 0.1) is 50.1 Å². The zero-order valence-corrected chi connectivity index (χ0v) is 33.1. The van der Waals surface area contributed by atoms with Crippen molar-refractivity contribution in [2.75, 3.05) is 0 Å². The molecule has 3 aromatic heterocycles. The van der Waals surface area contributed by atoms with E-state index in [-0.39, 0.29) is 46.0 Å². The molecule has 4 nitrogen and oxygen atoms in total. The molecule has 0 aliphatic heterocycles. The van der Waals surface area contributed by atoms with E-state index in [0.717, 1.165) is 66.6 Å². The average molecular weight is 799 g/mol. The highest BCUT2D eigenvalue weighted by Crippen LogP contribution is 2.42. The van der Waals surface area contributed by atoms with Crippen molar-refractivity contribution in [2.45, 2.75) is 0 Å². The Morgan fingerprint density at radius 3 is 1.63 bits per heavy atom. The van der Waals surface area contributed by atoms with Crippen LogP contribution >= 0.6 is 0 Å². The normalized spacial score (nSPS) is 13.4. The molecular weight excluding hydrogens is 753 g/mol. The Kier molecular flexibility index (Phi) is 6.70. The molecule has 0 fully saturated rings. The number of hydrogen-bond donors (Lipinski definition) is 0. The van der Waals surface area contributed by atoms with Crippen molar-refractivity contribution in [1.82, 2.24) is 19.1 Å². The highest BCUT2D eigenvalue weighted by molar-refractivity contribution is 6.15. The van der Waals surface area contributed by atoms with Gasteiger partial charge in [-0.05, 0) is 64.7 Å². The van der Waals surface area contributed by atoms with Crippen LogP contribution in [0.3, 0.4) is 0 Å². The summed E-state index contributed by atoms with van der Waals surface area (Å²) in [7, 11) is 0. The highest BCUT2D eigenvalue weighted by Gasteiger charge is 2.22. The molecular formula is C58H38N4. The lowest BCUT2D eigenvalue weighted by atomic mass is 9.95. The minimum absolute atomic E-state index is 0.0191. The van der Waals surface area contributed by atoms with Crippen LogP contribution in [0.5, 0.6) is 0 Å². The molecule has 0 N–H and O–H groups in total. The van der Waals surface area contributed by atoms with E-state index < -0.39 is 24.2 Å². The molecule has 0 bridgehead atoms. The second-order valence-corrected chi connectivity index (χ2v) is 15.2. The number of benzene rings is 9. The summed E-state index contributed by atoms with van der Waals surface area (Å²) in [5, 5.41) is 1.77. The summed E-state index contributed by atoms with van der Waals surface area (Å²) in [5.41, 5.74) is 11.0. The lowest BCUT2D eigenvalue weighted by molar-refractivity contribution is 1.13. The van der Waals surface area contributed by atoms with E-state index in [4.69, 9.17) is 18.2 Å². The first kappa shape index (κ1) is 28.2. The number of aromatic nitrogens is 4. The van der Waals surface area contributed by atoms with Gasteiger partial charge in [0.1, 0.15) is 0 Å². The molecule has 0 aliphatic carbocycles.